The van der Waals surface area contributed by atoms with Gasteiger partial charge >= 0.3 is 5.97 Å². The summed E-state index contributed by atoms with van der Waals surface area (Å²) in [5, 5.41) is 0. The number of esters is 1. The SMILES string of the molecule is CC(=O)COC(=O)c1cccc(S(=O)(=O)N2CCN(Cc3ccccc3)CC2)c1. The molecule has 1 saturated heterocycles. The van der Waals surface area contributed by atoms with Crippen molar-refractivity contribution in [1.82, 2.24) is 9.21 Å². The fourth-order valence-electron chi connectivity index (χ4n) is 3.15. The summed E-state index contributed by atoms with van der Waals surface area (Å²) in [6, 6.07) is 15.8. The van der Waals surface area contributed by atoms with Crippen LogP contribution in [0, 0.1) is 0 Å². The zero-order chi connectivity index (χ0) is 20.9. The van der Waals surface area contributed by atoms with Gasteiger partial charge in [-0.2, -0.15) is 4.31 Å². The summed E-state index contributed by atoms with van der Waals surface area (Å²) in [5.41, 5.74) is 1.30. The van der Waals surface area contributed by atoms with Crippen LogP contribution < -0.4 is 0 Å². The molecule has 0 aromatic heterocycles. The van der Waals surface area contributed by atoms with Gasteiger partial charge in [-0.25, -0.2) is 13.2 Å². The maximum atomic E-state index is 13.0. The van der Waals surface area contributed by atoms with Gasteiger partial charge in [0.05, 0.1) is 10.5 Å². The summed E-state index contributed by atoms with van der Waals surface area (Å²) >= 11 is 0. The molecule has 0 aliphatic carbocycles. The lowest BCUT2D eigenvalue weighted by Crippen LogP contribution is -2.48. The number of hydrogen-bond donors (Lipinski definition) is 0. The van der Waals surface area contributed by atoms with Crippen molar-refractivity contribution in [2.75, 3.05) is 32.8 Å². The van der Waals surface area contributed by atoms with Gasteiger partial charge in [-0.05, 0) is 30.7 Å². The summed E-state index contributed by atoms with van der Waals surface area (Å²) in [5.74, 6) is -1.000. The van der Waals surface area contributed by atoms with Gasteiger partial charge in [0.15, 0.2) is 5.78 Å². The Kier molecular flexibility index (Phi) is 6.79. The predicted molar refractivity (Wildman–Crippen MR) is 108 cm³/mol. The summed E-state index contributed by atoms with van der Waals surface area (Å²) in [6.45, 7) is 3.79. The van der Waals surface area contributed by atoms with Crippen LogP contribution in [0.3, 0.4) is 0 Å². The molecular weight excluding hydrogens is 392 g/mol. The first-order chi connectivity index (χ1) is 13.9. The van der Waals surface area contributed by atoms with Gasteiger partial charge in [0, 0.05) is 32.7 Å². The van der Waals surface area contributed by atoms with E-state index in [2.05, 4.69) is 17.0 Å². The van der Waals surface area contributed by atoms with Crippen molar-refractivity contribution in [3.8, 4) is 0 Å². The Bertz CT molecular complexity index is 968. The molecule has 1 heterocycles. The lowest BCUT2D eigenvalue weighted by Gasteiger charge is -2.34. The van der Waals surface area contributed by atoms with Crippen molar-refractivity contribution in [2.24, 2.45) is 0 Å². The van der Waals surface area contributed by atoms with Gasteiger partial charge in [0.1, 0.15) is 6.61 Å². The van der Waals surface area contributed by atoms with Crippen LogP contribution in [0.25, 0.3) is 0 Å². The molecular formula is C21H24N2O5S. The monoisotopic (exact) mass is 416 g/mol. The second-order valence-electron chi connectivity index (χ2n) is 6.97. The van der Waals surface area contributed by atoms with E-state index in [1.165, 1.54) is 41.1 Å². The number of hydrogen-bond acceptors (Lipinski definition) is 6. The number of carbonyl (C=O) groups excluding carboxylic acids is 2. The molecule has 0 saturated carbocycles. The molecule has 2 aromatic rings. The Morgan fingerprint density at radius 1 is 0.966 bits per heavy atom. The van der Waals surface area contributed by atoms with Crippen molar-refractivity contribution < 1.29 is 22.7 Å². The fraction of sp³-hybridized carbons (Fsp3) is 0.333. The minimum Gasteiger partial charge on any atom is -0.454 e. The normalized spacial score (nSPS) is 15.8. The first kappa shape index (κ1) is 21.2. The summed E-state index contributed by atoms with van der Waals surface area (Å²) < 4.78 is 32.3. The molecule has 0 bridgehead atoms. The standard InChI is InChI=1S/C21H24N2O5S/c1-17(24)16-28-21(25)19-8-5-9-20(14-19)29(26,27)23-12-10-22(11-13-23)15-18-6-3-2-4-7-18/h2-9,14H,10-13,15-16H2,1H3. The van der Waals surface area contributed by atoms with Gasteiger partial charge in [-0.1, -0.05) is 36.4 Å². The average Bonchev–Trinajstić information content (AvgIpc) is 2.73. The van der Waals surface area contributed by atoms with Gasteiger partial charge in [0.2, 0.25) is 10.0 Å². The third-order valence-corrected chi connectivity index (χ3v) is 6.59. The Morgan fingerprint density at radius 2 is 1.66 bits per heavy atom. The van der Waals surface area contributed by atoms with Crippen LogP contribution in [-0.4, -0.2) is 62.2 Å². The quantitative estimate of drug-likeness (QED) is 0.642. The predicted octanol–water partition coefficient (Wildman–Crippen LogP) is 1.94. The van der Waals surface area contributed by atoms with Crippen LogP contribution in [0.1, 0.15) is 22.8 Å². The van der Waals surface area contributed by atoms with E-state index in [9.17, 15) is 18.0 Å². The highest BCUT2D eigenvalue weighted by Gasteiger charge is 2.29. The van der Waals surface area contributed by atoms with E-state index in [0.717, 1.165) is 6.54 Å². The van der Waals surface area contributed by atoms with E-state index < -0.39 is 16.0 Å². The maximum absolute atomic E-state index is 13.0. The smallest absolute Gasteiger partial charge is 0.338 e. The Morgan fingerprint density at radius 3 is 2.31 bits per heavy atom. The third kappa shape index (κ3) is 5.50. The molecule has 0 amide bonds. The molecule has 7 nitrogen and oxygen atoms in total. The van der Waals surface area contributed by atoms with Crippen molar-refractivity contribution in [3.05, 3.63) is 65.7 Å². The number of benzene rings is 2. The minimum atomic E-state index is -3.71. The Balaban J connectivity index is 1.64. The molecule has 1 fully saturated rings. The average molecular weight is 416 g/mol. The van der Waals surface area contributed by atoms with Crippen LogP contribution >= 0.6 is 0 Å². The summed E-state index contributed by atoms with van der Waals surface area (Å²) in [4.78, 5) is 25.3. The van der Waals surface area contributed by atoms with E-state index >= 15 is 0 Å². The molecule has 1 aliphatic rings. The van der Waals surface area contributed by atoms with E-state index in [-0.39, 0.29) is 22.8 Å². The zero-order valence-corrected chi connectivity index (χ0v) is 17.1. The summed E-state index contributed by atoms with van der Waals surface area (Å²) in [7, 11) is -3.71. The molecule has 154 valence electrons. The molecule has 0 radical (unpaired) electrons. The maximum Gasteiger partial charge on any atom is 0.338 e. The minimum absolute atomic E-state index is 0.0475. The molecule has 29 heavy (non-hydrogen) atoms. The zero-order valence-electron chi connectivity index (χ0n) is 16.3. The van der Waals surface area contributed by atoms with E-state index in [1.54, 1.807) is 0 Å². The number of nitrogens with zero attached hydrogens (tertiary/aromatic N) is 2. The van der Waals surface area contributed by atoms with Crippen molar-refractivity contribution in [2.45, 2.75) is 18.4 Å². The molecule has 8 heteroatoms. The van der Waals surface area contributed by atoms with E-state index in [0.29, 0.717) is 26.2 Å². The third-order valence-electron chi connectivity index (χ3n) is 4.69. The van der Waals surface area contributed by atoms with E-state index in [1.807, 2.05) is 18.2 Å². The number of ketones is 1. The second-order valence-corrected chi connectivity index (χ2v) is 8.91. The first-order valence-electron chi connectivity index (χ1n) is 9.39. The number of carbonyl (C=O) groups is 2. The van der Waals surface area contributed by atoms with Crippen LogP contribution in [0.4, 0.5) is 0 Å². The molecule has 0 atom stereocenters. The van der Waals surface area contributed by atoms with Crippen molar-refractivity contribution in [1.29, 1.82) is 0 Å². The lowest BCUT2D eigenvalue weighted by molar-refractivity contribution is -0.120. The molecule has 0 N–H and O–H groups in total. The van der Waals surface area contributed by atoms with Gasteiger partial charge in [0.25, 0.3) is 0 Å². The van der Waals surface area contributed by atoms with Crippen LogP contribution in [0.5, 0.6) is 0 Å². The highest BCUT2D eigenvalue weighted by molar-refractivity contribution is 7.89. The first-order valence-corrected chi connectivity index (χ1v) is 10.8. The molecule has 2 aromatic carbocycles. The topological polar surface area (TPSA) is 84.0 Å². The molecule has 0 spiro atoms. The molecule has 3 rings (SSSR count). The molecule has 1 aliphatic heterocycles. The van der Waals surface area contributed by atoms with Gasteiger partial charge < -0.3 is 4.74 Å². The summed E-state index contributed by atoms with van der Waals surface area (Å²) in [6.07, 6.45) is 0. The van der Waals surface area contributed by atoms with Gasteiger partial charge in [-0.3, -0.25) is 9.69 Å². The Hall–Kier alpha value is -2.55. The van der Waals surface area contributed by atoms with Crippen LogP contribution in [-0.2, 0) is 26.1 Å². The van der Waals surface area contributed by atoms with Crippen molar-refractivity contribution >= 4 is 21.8 Å². The number of sulfonamides is 1. The second kappa shape index (κ2) is 9.30. The highest BCUT2D eigenvalue weighted by Crippen LogP contribution is 2.20. The lowest BCUT2D eigenvalue weighted by atomic mass is 10.2. The largest absolute Gasteiger partial charge is 0.454 e. The highest BCUT2D eigenvalue weighted by atomic mass is 32.2. The van der Waals surface area contributed by atoms with Crippen LogP contribution in [0.2, 0.25) is 0 Å². The fourth-order valence-corrected chi connectivity index (χ4v) is 4.62. The molecule has 0 unspecified atom stereocenters. The van der Waals surface area contributed by atoms with Gasteiger partial charge in [-0.15, -0.1) is 0 Å². The number of ether oxygens (including phenoxy) is 1. The Labute approximate surface area is 170 Å². The number of rotatable bonds is 7. The van der Waals surface area contributed by atoms with E-state index in [4.69, 9.17) is 4.74 Å². The van der Waals surface area contributed by atoms with Crippen LogP contribution in [0.15, 0.2) is 59.5 Å². The number of Topliss-reactive ketones (excluding diaryl/α,β-unsaturated/α-hetero) is 1. The number of piperazine rings is 1. The van der Waals surface area contributed by atoms with Crippen molar-refractivity contribution in [3.63, 3.8) is 0 Å².